The van der Waals surface area contributed by atoms with Gasteiger partial charge in [-0.25, -0.2) is 9.59 Å². The molecule has 3 aromatic rings. The number of halogens is 1. The van der Waals surface area contributed by atoms with E-state index >= 15 is 0 Å². The van der Waals surface area contributed by atoms with E-state index < -0.39 is 11.9 Å². The molecule has 210 valence electrons. The van der Waals surface area contributed by atoms with Crippen molar-refractivity contribution in [3.05, 3.63) is 88.4 Å². The van der Waals surface area contributed by atoms with Gasteiger partial charge in [0.25, 0.3) is 0 Å². The van der Waals surface area contributed by atoms with Crippen molar-refractivity contribution in [1.29, 1.82) is 5.26 Å². The van der Waals surface area contributed by atoms with Gasteiger partial charge in [0, 0.05) is 0 Å². The zero-order chi connectivity index (χ0) is 28.6. The van der Waals surface area contributed by atoms with Crippen LogP contribution in [0.2, 0.25) is 5.02 Å². The number of nitriles is 1. The molecule has 3 rings (SSSR count). The summed E-state index contributed by atoms with van der Waals surface area (Å²) in [6, 6.07) is 19.1. The molecule has 0 spiro atoms. The third-order valence-electron chi connectivity index (χ3n) is 6.42. The van der Waals surface area contributed by atoms with Crippen molar-refractivity contribution in [3.63, 3.8) is 0 Å². The number of carbonyl (C=O) groups is 2. The van der Waals surface area contributed by atoms with Crippen LogP contribution in [0.1, 0.15) is 97.4 Å². The highest BCUT2D eigenvalue weighted by Crippen LogP contribution is 2.27. The van der Waals surface area contributed by atoms with Crippen molar-refractivity contribution >= 4 is 23.5 Å². The normalized spacial score (nSPS) is 10.5. The number of benzene rings is 3. The molecular formula is C33H36ClNO5. The Morgan fingerprint density at radius 3 is 1.75 bits per heavy atom. The van der Waals surface area contributed by atoms with Crippen molar-refractivity contribution < 1.29 is 23.8 Å². The van der Waals surface area contributed by atoms with E-state index in [1.165, 1.54) is 81.7 Å². The molecule has 3 aromatic carbocycles. The molecule has 0 saturated carbocycles. The van der Waals surface area contributed by atoms with Gasteiger partial charge in [0.15, 0.2) is 0 Å². The van der Waals surface area contributed by atoms with Crippen molar-refractivity contribution in [2.75, 3.05) is 6.61 Å². The number of hydrogen-bond acceptors (Lipinski definition) is 6. The molecule has 40 heavy (non-hydrogen) atoms. The highest BCUT2D eigenvalue weighted by Gasteiger charge is 2.14. The first-order valence-corrected chi connectivity index (χ1v) is 14.3. The molecular weight excluding hydrogens is 526 g/mol. The summed E-state index contributed by atoms with van der Waals surface area (Å²) >= 11 is 6.35. The SMILES string of the molecule is CCCCCCCCCCCCOc1ccc(C(=O)Oc2ccc(C(=O)Oc3ccc(C#N)cc3)cc2)cc1Cl. The highest BCUT2D eigenvalue weighted by atomic mass is 35.5. The van der Waals surface area contributed by atoms with Gasteiger partial charge >= 0.3 is 11.9 Å². The molecule has 0 radical (unpaired) electrons. The maximum absolute atomic E-state index is 12.6. The number of nitrogens with zero attached hydrogens (tertiary/aromatic N) is 1. The zero-order valence-corrected chi connectivity index (χ0v) is 23.8. The van der Waals surface area contributed by atoms with E-state index in [-0.39, 0.29) is 11.3 Å². The van der Waals surface area contributed by atoms with Gasteiger partial charge in [-0.1, -0.05) is 76.3 Å². The van der Waals surface area contributed by atoms with Gasteiger partial charge < -0.3 is 14.2 Å². The minimum Gasteiger partial charge on any atom is -0.492 e. The van der Waals surface area contributed by atoms with E-state index in [1.54, 1.807) is 36.4 Å². The monoisotopic (exact) mass is 561 g/mol. The van der Waals surface area contributed by atoms with E-state index in [0.717, 1.165) is 12.8 Å². The van der Waals surface area contributed by atoms with E-state index in [1.807, 2.05) is 6.07 Å². The third-order valence-corrected chi connectivity index (χ3v) is 6.71. The van der Waals surface area contributed by atoms with Gasteiger partial charge in [-0.2, -0.15) is 5.26 Å². The Hall–Kier alpha value is -3.82. The third kappa shape index (κ3) is 10.4. The van der Waals surface area contributed by atoms with Crippen molar-refractivity contribution in [1.82, 2.24) is 0 Å². The molecule has 0 bridgehead atoms. The maximum atomic E-state index is 12.6. The fourth-order valence-corrected chi connectivity index (χ4v) is 4.34. The van der Waals surface area contributed by atoms with Crippen molar-refractivity contribution in [2.45, 2.75) is 71.1 Å². The van der Waals surface area contributed by atoms with Crippen LogP contribution in [0.25, 0.3) is 0 Å². The van der Waals surface area contributed by atoms with Crippen molar-refractivity contribution in [2.24, 2.45) is 0 Å². The quantitative estimate of drug-likeness (QED) is 0.0985. The van der Waals surface area contributed by atoms with Crippen LogP contribution in [0.15, 0.2) is 66.7 Å². The predicted octanol–water partition coefficient (Wildman–Crippen LogP) is 8.95. The minimum absolute atomic E-state index is 0.275. The zero-order valence-electron chi connectivity index (χ0n) is 23.0. The van der Waals surface area contributed by atoms with Gasteiger partial charge in [0.05, 0.1) is 34.4 Å². The molecule has 0 aromatic heterocycles. The minimum atomic E-state index is -0.573. The summed E-state index contributed by atoms with van der Waals surface area (Å²) in [7, 11) is 0. The summed E-state index contributed by atoms with van der Waals surface area (Å²) in [6.07, 6.45) is 12.6. The number of unbranched alkanes of at least 4 members (excludes halogenated alkanes) is 9. The topological polar surface area (TPSA) is 85.6 Å². The molecule has 0 fully saturated rings. The smallest absolute Gasteiger partial charge is 0.343 e. The Balaban J connectivity index is 1.39. The molecule has 0 aliphatic heterocycles. The summed E-state index contributed by atoms with van der Waals surface area (Å²) in [5, 5.41) is 9.21. The molecule has 7 heteroatoms. The summed E-state index contributed by atoms with van der Waals surface area (Å²) in [6.45, 7) is 2.82. The van der Waals surface area contributed by atoms with Gasteiger partial charge in [-0.3, -0.25) is 0 Å². The number of carbonyl (C=O) groups excluding carboxylic acids is 2. The Morgan fingerprint density at radius 2 is 1.20 bits per heavy atom. The number of ether oxygens (including phenoxy) is 3. The summed E-state index contributed by atoms with van der Waals surface area (Å²) in [5.74, 6) is 0.00252. The van der Waals surface area contributed by atoms with E-state index in [2.05, 4.69) is 6.92 Å². The van der Waals surface area contributed by atoms with Gasteiger partial charge in [-0.05, 0) is 73.2 Å². The fourth-order valence-electron chi connectivity index (χ4n) is 4.10. The maximum Gasteiger partial charge on any atom is 0.343 e. The van der Waals surface area contributed by atoms with Gasteiger partial charge in [-0.15, -0.1) is 0 Å². The van der Waals surface area contributed by atoms with E-state index in [4.69, 9.17) is 31.1 Å². The lowest BCUT2D eigenvalue weighted by Gasteiger charge is -2.10. The van der Waals surface area contributed by atoms with Crippen LogP contribution in [0, 0.1) is 11.3 Å². The van der Waals surface area contributed by atoms with Crippen LogP contribution < -0.4 is 14.2 Å². The molecule has 0 aliphatic rings. The van der Waals surface area contributed by atoms with Gasteiger partial charge in [0.1, 0.15) is 17.2 Å². The lowest BCUT2D eigenvalue weighted by molar-refractivity contribution is 0.0730. The first kappa shape index (κ1) is 30.7. The second kappa shape index (κ2) is 17.0. The standard InChI is InChI=1S/C33H36ClNO5/c1-2-3-4-5-6-7-8-9-10-11-22-38-31-21-16-27(23-30(31)34)33(37)40-29-19-14-26(15-20-29)32(36)39-28-17-12-25(24-35)13-18-28/h12-21,23H,2-11,22H2,1H3. The lowest BCUT2D eigenvalue weighted by Crippen LogP contribution is -2.10. The predicted molar refractivity (Wildman–Crippen MR) is 156 cm³/mol. The second-order valence-electron chi connectivity index (χ2n) is 9.62. The molecule has 0 N–H and O–H groups in total. The summed E-state index contributed by atoms with van der Waals surface area (Å²) < 4.78 is 16.5. The first-order chi connectivity index (χ1) is 19.5. The van der Waals surface area contributed by atoms with Crippen LogP contribution in [0.4, 0.5) is 0 Å². The second-order valence-corrected chi connectivity index (χ2v) is 10.0. The largest absolute Gasteiger partial charge is 0.492 e. The summed E-state index contributed by atoms with van der Waals surface area (Å²) in [4.78, 5) is 25.0. The average Bonchev–Trinajstić information content (AvgIpc) is 2.97. The molecule has 0 saturated heterocycles. The molecule has 0 atom stereocenters. The number of esters is 2. The summed E-state index contributed by atoms with van der Waals surface area (Å²) in [5.41, 5.74) is 1.05. The molecule has 6 nitrogen and oxygen atoms in total. The molecule has 0 heterocycles. The van der Waals surface area contributed by atoms with Crippen LogP contribution in [-0.4, -0.2) is 18.5 Å². The van der Waals surface area contributed by atoms with E-state index in [9.17, 15) is 9.59 Å². The Bertz CT molecular complexity index is 1270. The van der Waals surface area contributed by atoms with Crippen LogP contribution in [0.3, 0.4) is 0 Å². The number of rotatable bonds is 16. The molecule has 0 unspecified atom stereocenters. The highest BCUT2D eigenvalue weighted by molar-refractivity contribution is 6.32. The Labute approximate surface area is 241 Å². The van der Waals surface area contributed by atoms with E-state index in [0.29, 0.717) is 34.3 Å². The molecule has 0 amide bonds. The first-order valence-electron chi connectivity index (χ1n) is 14.0. The van der Waals surface area contributed by atoms with Gasteiger partial charge in [0.2, 0.25) is 0 Å². The lowest BCUT2D eigenvalue weighted by atomic mass is 10.1. The average molecular weight is 562 g/mol. The Morgan fingerprint density at radius 1 is 0.700 bits per heavy atom. The fraction of sp³-hybridized carbons (Fsp3) is 0.364. The van der Waals surface area contributed by atoms with Crippen LogP contribution >= 0.6 is 11.6 Å². The molecule has 0 aliphatic carbocycles. The van der Waals surface area contributed by atoms with Crippen molar-refractivity contribution in [3.8, 4) is 23.3 Å². The van der Waals surface area contributed by atoms with Crippen LogP contribution in [0.5, 0.6) is 17.2 Å². The van der Waals surface area contributed by atoms with Crippen LogP contribution in [-0.2, 0) is 0 Å². The number of hydrogen-bond donors (Lipinski definition) is 0. The Kier molecular flexibility index (Phi) is 13.0.